The van der Waals surface area contributed by atoms with Crippen LogP contribution in [0.1, 0.15) is 33.6 Å². The van der Waals surface area contributed by atoms with Gasteiger partial charge in [0.05, 0.1) is 12.7 Å². The molecule has 3 nitrogen and oxygen atoms in total. The fraction of sp³-hybridized carbons (Fsp3) is 1.00. The minimum absolute atomic E-state index is 0.358. The van der Waals surface area contributed by atoms with E-state index in [1.54, 1.807) is 0 Å². The molecule has 0 amide bonds. The Kier molecular flexibility index (Phi) is 6.22. The van der Waals surface area contributed by atoms with Gasteiger partial charge in [-0.1, -0.05) is 6.92 Å². The molecular formula is C12H26N2O. The van der Waals surface area contributed by atoms with Crippen LogP contribution in [0.25, 0.3) is 0 Å². The lowest BCUT2D eigenvalue weighted by Crippen LogP contribution is -2.44. The molecule has 0 bridgehead atoms. The zero-order chi connectivity index (χ0) is 11.1. The Morgan fingerprint density at radius 1 is 1.33 bits per heavy atom. The van der Waals surface area contributed by atoms with Gasteiger partial charge in [0.1, 0.15) is 0 Å². The number of ether oxygens (including phenoxy) is 1. The van der Waals surface area contributed by atoms with E-state index in [1.165, 1.54) is 25.9 Å². The number of likely N-dealkylation sites (N-methyl/N-ethyl adjacent to an activating group) is 1. The molecule has 0 radical (unpaired) electrons. The van der Waals surface area contributed by atoms with E-state index in [-0.39, 0.29) is 0 Å². The average molecular weight is 214 g/mol. The van der Waals surface area contributed by atoms with Crippen molar-refractivity contribution in [1.29, 1.82) is 0 Å². The van der Waals surface area contributed by atoms with Crippen molar-refractivity contribution in [3.05, 3.63) is 0 Å². The van der Waals surface area contributed by atoms with Gasteiger partial charge in [-0.2, -0.15) is 0 Å². The van der Waals surface area contributed by atoms with Crippen LogP contribution in [0.4, 0.5) is 0 Å². The Morgan fingerprint density at radius 3 is 2.53 bits per heavy atom. The quantitative estimate of drug-likeness (QED) is 0.725. The van der Waals surface area contributed by atoms with Crippen molar-refractivity contribution in [2.24, 2.45) is 0 Å². The van der Waals surface area contributed by atoms with Crippen LogP contribution in [-0.2, 0) is 4.74 Å². The van der Waals surface area contributed by atoms with Crippen LogP contribution in [0, 0.1) is 0 Å². The number of rotatable bonds is 6. The molecule has 0 saturated carbocycles. The highest BCUT2D eigenvalue weighted by Crippen LogP contribution is 2.11. The summed E-state index contributed by atoms with van der Waals surface area (Å²) in [6.07, 6.45) is 2.93. The van der Waals surface area contributed by atoms with Gasteiger partial charge in [-0.15, -0.1) is 0 Å². The lowest BCUT2D eigenvalue weighted by molar-refractivity contribution is 0.0459. The number of nitrogens with zero attached hydrogens (tertiary/aromatic N) is 1. The second-order valence-corrected chi connectivity index (χ2v) is 4.53. The van der Waals surface area contributed by atoms with Gasteiger partial charge >= 0.3 is 0 Å². The lowest BCUT2D eigenvalue weighted by atomic mass is 10.1. The summed E-state index contributed by atoms with van der Waals surface area (Å²) in [6.45, 7) is 11.9. The summed E-state index contributed by atoms with van der Waals surface area (Å²) in [6, 6.07) is 0.770. The number of nitrogens with one attached hydrogen (secondary N) is 1. The van der Waals surface area contributed by atoms with Crippen LogP contribution >= 0.6 is 0 Å². The van der Waals surface area contributed by atoms with Gasteiger partial charge in [0, 0.05) is 12.6 Å². The largest absolute Gasteiger partial charge is 0.377 e. The van der Waals surface area contributed by atoms with Crippen molar-refractivity contribution in [2.75, 3.05) is 32.8 Å². The summed E-state index contributed by atoms with van der Waals surface area (Å²) in [5, 5.41) is 3.41. The smallest absolute Gasteiger partial charge is 0.0597 e. The molecule has 0 atom stereocenters. The van der Waals surface area contributed by atoms with E-state index in [2.05, 4.69) is 31.0 Å². The minimum Gasteiger partial charge on any atom is -0.377 e. The maximum absolute atomic E-state index is 5.61. The van der Waals surface area contributed by atoms with Crippen LogP contribution in [0.2, 0.25) is 0 Å². The molecule has 0 aromatic heterocycles. The molecule has 0 unspecified atom stereocenters. The molecule has 1 rings (SSSR count). The molecule has 0 aromatic carbocycles. The van der Waals surface area contributed by atoms with Crippen molar-refractivity contribution in [3.63, 3.8) is 0 Å². The van der Waals surface area contributed by atoms with Gasteiger partial charge in [0.15, 0.2) is 0 Å². The van der Waals surface area contributed by atoms with Crippen LogP contribution in [0.15, 0.2) is 0 Å². The van der Waals surface area contributed by atoms with Crippen LogP contribution in [-0.4, -0.2) is 49.8 Å². The van der Waals surface area contributed by atoms with Gasteiger partial charge < -0.3 is 10.1 Å². The highest BCUT2D eigenvalue weighted by atomic mass is 16.5. The molecule has 0 aromatic rings. The van der Waals surface area contributed by atoms with Crippen molar-refractivity contribution in [2.45, 2.75) is 45.8 Å². The van der Waals surface area contributed by atoms with Gasteiger partial charge in [-0.25, -0.2) is 0 Å². The van der Waals surface area contributed by atoms with E-state index in [0.29, 0.717) is 6.10 Å². The van der Waals surface area contributed by atoms with E-state index in [0.717, 1.165) is 25.7 Å². The van der Waals surface area contributed by atoms with E-state index in [1.807, 2.05) is 0 Å². The molecule has 1 saturated heterocycles. The number of hydrogen-bond acceptors (Lipinski definition) is 3. The predicted octanol–water partition coefficient (Wildman–Crippen LogP) is 1.49. The maximum Gasteiger partial charge on any atom is 0.0597 e. The normalized spacial score (nSPS) is 19.0. The molecule has 1 aliphatic heterocycles. The Bertz CT molecular complexity index is 156. The van der Waals surface area contributed by atoms with Crippen LogP contribution in [0.3, 0.4) is 0 Å². The first-order valence-corrected chi connectivity index (χ1v) is 6.30. The Hall–Kier alpha value is -0.120. The molecule has 1 heterocycles. The van der Waals surface area contributed by atoms with Crippen molar-refractivity contribution >= 4 is 0 Å². The van der Waals surface area contributed by atoms with Crippen LogP contribution in [0.5, 0.6) is 0 Å². The Balaban J connectivity index is 2.21. The van der Waals surface area contributed by atoms with Crippen LogP contribution < -0.4 is 5.32 Å². The molecular weight excluding hydrogens is 188 g/mol. The first kappa shape index (κ1) is 12.9. The third kappa shape index (κ3) is 4.96. The molecule has 1 fully saturated rings. The summed E-state index contributed by atoms with van der Waals surface area (Å²) >= 11 is 0. The van der Waals surface area contributed by atoms with Gasteiger partial charge in [0.25, 0.3) is 0 Å². The van der Waals surface area contributed by atoms with Crippen molar-refractivity contribution < 1.29 is 4.74 Å². The third-order valence-corrected chi connectivity index (χ3v) is 3.06. The van der Waals surface area contributed by atoms with Gasteiger partial charge in [-0.05, 0) is 46.3 Å². The Morgan fingerprint density at radius 2 is 2.00 bits per heavy atom. The summed E-state index contributed by atoms with van der Waals surface area (Å²) in [4.78, 5) is 2.56. The first-order chi connectivity index (χ1) is 7.24. The zero-order valence-electron chi connectivity index (χ0n) is 10.5. The fourth-order valence-corrected chi connectivity index (χ4v) is 2.18. The van der Waals surface area contributed by atoms with Crippen molar-refractivity contribution in [3.8, 4) is 0 Å². The monoisotopic (exact) mass is 214 g/mol. The van der Waals surface area contributed by atoms with E-state index >= 15 is 0 Å². The topological polar surface area (TPSA) is 24.5 Å². The summed E-state index contributed by atoms with van der Waals surface area (Å²) in [5.74, 6) is 0. The first-order valence-electron chi connectivity index (χ1n) is 6.30. The number of piperidine rings is 1. The number of hydrogen-bond donors (Lipinski definition) is 1. The van der Waals surface area contributed by atoms with Crippen molar-refractivity contribution in [1.82, 2.24) is 10.2 Å². The van der Waals surface area contributed by atoms with Gasteiger partial charge in [0.2, 0.25) is 0 Å². The zero-order valence-corrected chi connectivity index (χ0v) is 10.5. The molecule has 15 heavy (non-hydrogen) atoms. The summed E-state index contributed by atoms with van der Waals surface area (Å²) in [5.41, 5.74) is 0. The lowest BCUT2D eigenvalue weighted by Gasteiger charge is -2.33. The Labute approximate surface area is 94.2 Å². The average Bonchev–Trinajstić information content (AvgIpc) is 2.25. The fourth-order valence-electron chi connectivity index (χ4n) is 2.18. The molecule has 0 spiro atoms. The molecule has 0 aliphatic carbocycles. The summed E-state index contributed by atoms with van der Waals surface area (Å²) in [7, 11) is 0. The second-order valence-electron chi connectivity index (χ2n) is 4.53. The highest BCUT2D eigenvalue weighted by molar-refractivity contribution is 4.76. The highest BCUT2D eigenvalue weighted by Gasteiger charge is 2.18. The molecule has 1 N–H and O–H groups in total. The standard InChI is InChI=1S/C12H26N2O/c1-4-14(9-10-15-11(2)3)12-5-7-13-8-6-12/h11-13H,4-10H2,1-3H3. The minimum atomic E-state index is 0.358. The maximum atomic E-state index is 5.61. The second kappa shape index (κ2) is 7.20. The van der Waals surface area contributed by atoms with Gasteiger partial charge in [-0.3, -0.25) is 4.90 Å². The van der Waals surface area contributed by atoms with E-state index in [9.17, 15) is 0 Å². The predicted molar refractivity (Wildman–Crippen MR) is 64.2 cm³/mol. The molecule has 90 valence electrons. The molecule has 3 heteroatoms. The SMILES string of the molecule is CCN(CCOC(C)C)C1CCNCC1. The van der Waals surface area contributed by atoms with E-state index in [4.69, 9.17) is 4.74 Å². The third-order valence-electron chi connectivity index (χ3n) is 3.06. The molecule has 1 aliphatic rings. The van der Waals surface area contributed by atoms with E-state index < -0.39 is 0 Å². The summed E-state index contributed by atoms with van der Waals surface area (Å²) < 4.78 is 5.61.